The van der Waals surface area contributed by atoms with Crippen molar-refractivity contribution in [3.05, 3.63) is 64.7 Å². The van der Waals surface area contributed by atoms with Crippen molar-refractivity contribution in [2.45, 2.75) is 46.1 Å². The average molecular weight is 421 g/mol. The molecule has 0 aromatic heterocycles. The topological polar surface area (TPSA) is 61.8 Å². The van der Waals surface area contributed by atoms with Gasteiger partial charge in [-0.25, -0.2) is 0 Å². The fourth-order valence-electron chi connectivity index (χ4n) is 4.40. The Morgan fingerprint density at radius 3 is 2.00 bits per heavy atom. The van der Waals surface area contributed by atoms with E-state index in [0.29, 0.717) is 23.9 Å². The lowest BCUT2D eigenvalue weighted by Gasteiger charge is -2.29. The second kappa shape index (κ2) is 10.6. The normalized spacial score (nSPS) is 18.7. The molecular weight excluding hydrogens is 384 g/mol. The van der Waals surface area contributed by atoms with Crippen LogP contribution >= 0.6 is 0 Å². The summed E-state index contributed by atoms with van der Waals surface area (Å²) in [5.41, 5.74) is 5.42. The number of piperazine rings is 1. The van der Waals surface area contributed by atoms with E-state index in [1.807, 2.05) is 12.1 Å². The Labute approximate surface area is 186 Å². The zero-order chi connectivity index (χ0) is 22.4. The molecule has 1 fully saturated rings. The highest BCUT2D eigenvalue weighted by Crippen LogP contribution is 2.32. The molecule has 3 rings (SSSR count). The summed E-state index contributed by atoms with van der Waals surface area (Å²) in [5, 5.41) is 12.2. The van der Waals surface area contributed by atoms with Gasteiger partial charge < -0.3 is 15.1 Å². The Bertz CT molecular complexity index is 893. The molecule has 1 saturated heterocycles. The minimum atomic E-state index is 0.112. The van der Waals surface area contributed by atoms with E-state index in [0.717, 1.165) is 38.4 Å². The fraction of sp³-hybridized carbons (Fsp3) is 0.462. The van der Waals surface area contributed by atoms with Crippen LogP contribution in [-0.2, 0) is 11.3 Å². The van der Waals surface area contributed by atoms with Gasteiger partial charge >= 0.3 is 0 Å². The van der Waals surface area contributed by atoms with Gasteiger partial charge in [0.05, 0.1) is 11.6 Å². The number of hydrogen-bond donors (Lipinski definition) is 3. The first-order chi connectivity index (χ1) is 14.9. The second-order valence-electron chi connectivity index (χ2n) is 9.33. The molecule has 0 radical (unpaired) electrons. The number of amides is 1. The summed E-state index contributed by atoms with van der Waals surface area (Å²) >= 11 is 0. The number of benzene rings is 2. The van der Waals surface area contributed by atoms with E-state index < -0.39 is 0 Å². The smallest absolute Gasteiger partial charge is 0.279 e. The summed E-state index contributed by atoms with van der Waals surface area (Å²) in [6.07, 6.45) is 0. The van der Waals surface area contributed by atoms with E-state index in [2.05, 4.69) is 69.4 Å². The van der Waals surface area contributed by atoms with Gasteiger partial charge in [-0.3, -0.25) is 4.79 Å². The van der Waals surface area contributed by atoms with Crippen LogP contribution in [-0.4, -0.2) is 38.6 Å². The molecule has 5 heteroatoms. The molecule has 2 aromatic carbocycles. The number of hydrogen-bond acceptors (Lipinski definition) is 2. The third kappa shape index (κ3) is 6.16. The van der Waals surface area contributed by atoms with E-state index in [-0.39, 0.29) is 5.91 Å². The SMILES string of the molecule is CC(C)c1cccc(C(C)C)c1NC(=O)C[NH+]1CC[NH+](Cc2ccc(C#N)cc2)CC1. The third-order valence-corrected chi connectivity index (χ3v) is 6.25. The van der Waals surface area contributed by atoms with Crippen molar-refractivity contribution in [1.29, 1.82) is 5.26 Å². The molecule has 2 aromatic rings. The van der Waals surface area contributed by atoms with Crippen molar-refractivity contribution >= 4 is 11.6 Å². The highest BCUT2D eigenvalue weighted by molar-refractivity contribution is 5.93. The van der Waals surface area contributed by atoms with Crippen molar-refractivity contribution in [2.24, 2.45) is 0 Å². The quantitative estimate of drug-likeness (QED) is 0.639. The van der Waals surface area contributed by atoms with Gasteiger partial charge in [0.15, 0.2) is 6.54 Å². The molecule has 0 saturated carbocycles. The first kappa shape index (κ1) is 23.0. The van der Waals surface area contributed by atoms with Crippen LogP contribution in [0, 0.1) is 11.3 Å². The van der Waals surface area contributed by atoms with Gasteiger partial charge in [-0.15, -0.1) is 0 Å². The molecule has 1 aliphatic rings. The molecule has 0 unspecified atom stereocenters. The average Bonchev–Trinajstić information content (AvgIpc) is 2.75. The summed E-state index contributed by atoms with van der Waals surface area (Å²) in [6.45, 7) is 14.3. The van der Waals surface area contributed by atoms with Crippen molar-refractivity contribution in [3.63, 3.8) is 0 Å². The fourth-order valence-corrected chi connectivity index (χ4v) is 4.40. The summed E-state index contributed by atoms with van der Waals surface area (Å²) in [4.78, 5) is 15.8. The van der Waals surface area contributed by atoms with Crippen LogP contribution in [0.25, 0.3) is 0 Å². The number of carbonyl (C=O) groups is 1. The number of anilines is 1. The Hall–Kier alpha value is -2.68. The molecule has 5 nitrogen and oxygen atoms in total. The van der Waals surface area contributed by atoms with Gasteiger partial charge in [0, 0.05) is 11.3 Å². The van der Waals surface area contributed by atoms with E-state index in [9.17, 15) is 4.79 Å². The van der Waals surface area contributed by atoms with E-state index >= 15 is 0 Å². The lowest BCUT2D eigenvalue weighted by molar-refractivity contribution is -1.02. The maximum atomic E-state index is 12.9. The molecule has 1 heterocycles. The molecule has 1 aliphatic heterocycles. The summed E-state index contributed by atoms with van der Waals surface area (Å²) in [6, 6.07) is 16.4. The largest absolute Gasteiger partial charge is 0.322 e. The molecule has 0 spiro atoms. The van der Waals surface area contributed by atoms with Crippen LogP contribution in [0.1, 0.15) is 61.8 Å². The number of nitrogens with zero attached hydrogens (tertiary/aromatic N) is 1. The third-order valence-electron chi connectivity index (χ3n) is 6.25. The zero-order valence-electron chi connectivity index (χ0n) is 19.3. The Balaban J connectivity index is 1.54. The minimum Gasteiger partial charge on any atom is -0.322 e. The number of nitriles is 1. The van der Waals surface area contributed by atoms with Crippen molar-refractivity contribution in [3.8, 4) is 6.07 Å². The van der Waals surface area contributed by atoms with Crippen LogP contribution in [0.4, 0.5) is 5.69 Å². The van der Waals surface area contributed by atoms with Crippen LogP contribution in [0.5, 0.6) is 0 Å². The molecule has 0 aliphatic carbocycles. The minimum absolute atomic E-state index is 0.112. The molecule has 3 N–H and O–H groups in total. The molecule has 0 bridgehead atoms. The standard InChI is InChI=1S/C26H34N4O/c1-19(2)23-6-5-7-24(20(3)4)26(23)28-25(31)18-30-14-12-29(13-15-30)17-22-10-8-21(16-27)9-11-22/h5-11,19-20H,12-15,17-18H2,1-4H3,(H,28,31)/p+2. The van der Waals surface area contributed by atoms with Crippen LogP contribution in [0.3, 0.4) is 0 Å². The maximum absolute atomic E-state index is 12.9. The van der Waals surface area contributed by atoms with Gasteiger partial charge in [0.1, 0.15) is 32.7 Å². The lowest BCUT2D eigenvalue weighted by Crippen LogP contribution is -3.28. The van der Waals surface area contributed by atoms with Crippen LogP contribution in [0.15, 0.2) is 42.5 Å². The van der Waals surface area contributed by atoms with Gasteiger partial charge in [-0.05, 0) is 35.1 Å². The molecule has 164 valence electrons. The lowest BCUT2D eigenvalue weighted by atomic mass is 9.92. The predicted molar refractivity (Wildman–Crippen MR) is 124 cm³/mol. The predicted octanol–water partition coefficient (Wildman–Crippen LogP) is 1.73. The zero-order valence-corrected chi connectivity index (χ0v) is 19.3. The van der Waals surface area contributed by atoms with Gasteiger partial charge in [0.2, 0.25) is 0 Å². The monoisotopic (exact) mass is 420 g/mol. The maximum Gasteiger partial charge on any atom is 0.279 e. The number of para-hydroxylation sites is 1. The highest BCUT2D eigenvalue weighted by atomic mass is 16.2. The van der Waals surface area contributed by atoms with Crippen molar-refractivity contribution < 1.29 is 14.6 Å². The first-order valence-corrected chi connectivity index (χ1v) is 11.5. The van der Waals surface area contributed by atoms with Crippen LogP contribution < -0.4 is 15.1 Å². The summed E-state index contributed by atoms with van der Waals surface area (Å²) in [5.74, 6) is 0.854. The van der Waals surface area contributed by atoms with Gasteiger partial charge in [-0.1, -0.05) is 58.0 Å². The van der Waals surface area contributed by atoms with Crippen molar-refractivity contribution in [2.75, 3.05) is 38.0 Å². The summed E-state index contributed by atoms with van der Waals surface area (Å²) < 4.78 is 0. The summed E-state index contributed by atoms with van der Waals surface area (Å²) in [7, 11) is 0. The molecule has 0 atom stereocenters. The number of carbonyl (C=O) groups excluding carboxylic acids is 1. The Morgan fingerprint density at radius 1 is 0.935 bits per heavy atom. The Kier molecular flexibility index (Phi) is 7.84. The molecule has 1 amide bonds. The highest BCUT2D eigenvalue weighted by Gasteiger charge is 2.26. The molecular formula is C26H36N4O+2. The van der Waals surface area contributed by atoms with E-state index in [1.54, 1.807) is 4.90 Å². The first-order valence-electron chi connectivity index (χ1n) is 11.5. The van der Waals surface area contributed by atoms with Gasteiger partial charge in [0.25, 0.3) is 5.91 Å². The Morgan fingerprint density at radius 2 is 1.48 bits per heavy atom. The van der Waals surface area contributed by atoms with E-state index in [4.69, 9.17) is 5.26 Å². The van der Waals surface area contributed by atoms with Crippen molar-refractivity contribution in [1.82, 2.24) is 0 Å². The van der Waals surface area contributed by atoms with E-state index in [1.165, 1.54) is 21.6 Å². The number of nitrogens with one attached hydrogen (secondary N) is 3. The second-order valence-corrected chi connectivity index (χ2v) is 9.33. The van der Waals surface area contributed by atoms with Crippen LogP contribution in [0.2, 0.25) is 0 Å². The number of rotatable bonds is 7. The molecule has 31 heavy (non-hydrogen) atoms. The number of quaternary nitrogens is 2. The van der Waals surface area contributed by atoms with Gasteiger partial charge in [-0.2, -0.15) is 5.26 Å².